The van der Waals surface area contributed by atoms with Crippen LogP contribution >= 0.6 is 23.2 Å². The summed E-state index contributed by atoms with van der Waals surface area (Å²) in [6.07, 6.45) is 1.67. The topological polar surface area (TPSA) is 111 Å². The lowest BCUT2D eigenvalue weighted by molar-refractivity contribution is -0.110. The highest BCUT2D eigenvalue weighted by atomic mass is 35.5. The van der Waals surface area contributed by atoms with Crippen molar-refractivity contribution < 1.29 is 18.0 Å². The first kappa shape index (κ1) is 28.4. The maximum atomic E-state index is 13.5. The Morgan fingerprint density at radius 2 is 1.77 bits per heavy atom. The molecule has 3 N–H and O–H groups in total. The molecule has 1 aromatic heterocycles. The molecule has 0 saturated carbocycles. The molecule has 3 aromatic rings. The van der Waals surface area contributed by atoms with E-state index < -0.39 is 9.84 Å². The molecule has 0 aliphatic carbocycles. The Bertz CT molecular complexity index is 1670. The fourth-order valence-electron chi connectivity index (χ4n) is 5.48. The van der Waals surface area contributed by atoms with Crippen LogP contribution < -0.4 is 10.6 Å². The largest absolute Gasteiger partial charge is 0.358 e. The smallest absolute Gasteiger partial charge is 0.256 e. The number of amides is 2. The molecule has 8 nitrogen and oxygen atoms in total. The Balaban J connectivity index is 1.48. The van der Waals surface area contributed by atoms with E-state index in [2.05, 4.69) is 29.5 Å². The summed E-state index contributed by atoms with van der Waals surface area (Å²) in [5.41, 5.74) is 4.32. The Morgan fingerprint density at radius 1 is 1.07 bits per heavy atom. The molecule has 2 atom stereocenters. The molecule has 1 fully saturated rings. The van der Waals surface area contributed by atoms with Crippen LogP contribution in [0.25, 0.3) is 11.6 Å². The summed E-state index contributed by atoms with van der Waals surface area (Å²) in [7, 11) is -3.80. The number of piperazine rings is 1. The van der Waals surface area contributed by atoms with Gasteiger partial charge in [0.2, 0.25) is 0 Å². The molecule has 0 radical (unpaired) electrons. The summed E-state index contributed by atoms with van der Waals surface area (Å²) in [6.45, 7) is 9.01. The van der Waals surface area contributed by atoms with Crippen molar-refractivity contribution in [3.63, 3.8) is 0 Å². The van der Waals surface area contributed by atoms with Crippen LogP contribution in [-0.2, 0) is 20.4 Å². The number of nitrogens with one attached hydrogen (secondary N) is 3. The van der Waals surface area contributed by atoms with E-state index in [0.29, 0.717) is 62.5 Å². The van der Waals surface area contributed by atoms with Gasteiger partial charge in [0.25, 0.3) is 11.8 Å². The number of sulfone groups is 1. The average molecular weight is 602 g/mol. The molecule has 2 amide bonds. The number of benzene rings is 2. The van der Waals surface area contributed by atoms with Gasteiger partial charge >= 0.3 is 0 Å². The normalized spacial score (nSPS) is 20.1. The number of H-pyrrole nitrogens is 1. The van der Waals surface area contributed by atoms with Gasteiger partial charge in [-0.2, -0.15) is 0 Å². The molecule has 5 rings (SSSR count). The Morgan fingerprint density at radius 3 is 2.48 bits per heavy atom. The number of fused-ring (bicyclic) bond motifs is 1. The van der Waals surface area contributed by atoms with E-state index in [9.17, 15) is 18.0 Å². The van der Waals surface area contributed by atoms with Crippen LogP contribution in [0.5, 0.6) is 0 Å². The predicted molar refractivity (Wildman–Crippen MR) is 159 cm³/mol. The number of hydrogen-bond acceptors (Lipinski definition) is 5. The van der Waals surface area contributed by atoms with Crippen molar-refractivity contribution in [3.8, 4) is 0 Å². The molecule has 0 bridgehead atoms. The molecule has 2 aliphatic rings. The standard InChI is InChI=1S/C29H30Cl2N4O4S/c1-15-12-35(13-16(2)32-15)29(37)27-17(3)26(33-18(27)4)11-23-22-10-21(6-8-25(22)34-28(23)36)40(38,39)14-19-9-20(30)5-7-24(19)31/h5-11,15-16,32-33H,12-14H2,1-4H3,(H,34,36)/t15-,16+. The minimum absolute atomic E-state index is 0.0552. The van der Waals surface area contributed by atoms with Gasteiger partial charge in [-0.25, -0.2) is 8.42 Å². The van der Waals surface area contributed by atoms with E-state index >= 15 is 0 Å². The van der Waals surface area contributed by atoms with Crippen molar-refractivity contribution in [2.45, 2.75) is 50.4 Å². The third-order valence-corrected chi connectivity index (χ3v) is 9.58. The minimum Gasteiger partial charge on any atom is -0.358 e. The number of rotatable bonds is 5. The number of carbonyl (C=O) groups is 2. The number of aromatic amines is 1. The lowest BCUT2D eigenvalue weighted by Crippen LogP contribution is -2.55. The van der Waals surface area contributed by atoms with Crippen LogP contribution in [0.1, 0.15) is 52.3 Å². The third-order valence-electron chi connectivity index (χ3n) is 7.31. The van der Waals surface area contributed by atoms with Crippen LogP contribution in [0.3, 0.4) is 0 Å². The van der Waals surface area contributed by atoms with Gasteiger partial charge in [0.1, 0.15) is 0 Å². The zero-order chi connectivity index (χ0) is 28.9. The molecule has 2 aromatic carbocycles. The van der Waals surface area contributed by atoms with Gasteiger partial charge in [0, 0.05) is 57.9 Å². The highest BCUT2D eigenvalue weighted by Crippen LogP contribution is 2.37. The maximum Gasteiger partial charge on any atom is 0.256 e. The Kier molecular flexibility index (Phi) is 7.60. The molecule has 0 unspecified atom stereocenters. The van der Waals surface area contributed by atoms with Crippen molar-refractivity contribution in [2.24, 2.45) is 0 Å². The molecule has 1 saturated heterocycles. The summed E-state index contributed by atoms with van der Waals surface area (Å²) < 4.78 is 26.6. The van der Waals surface area contributed by atoms with Crippen molar-refractivity contribution in [1.29, 1.82) is 0 Å². The number of carbonyl (C=O) groups excluding carboxylic acids is 2. The molecule has 0 spiro atoms. The second-order valence-corrected chi connectivity index (χ2v) is 13.4. The third kappa shape index (κ3) is 5.43. The van der Waals surface area contributed by atoms with E-state index in [1.165, 1.54) is 18.2 Å². The predicted octanol–water partition coefficient (Wildman–Crippen LogP) is 5.23. The number of hydrogen-bond donors (Lipinski definition) is 3. The number of halogens is 2. The van der Waals surface area contributed by atoms with Crippen LogP contribution in [0, 0.1) is 13.8 Å². The van der Waals surface area contributed by atoms with Crippen LogP contribution in [-0.4, -0.2) is 55.3 Å². The van der Waals surface area contributed by atoms with Crippen molar-refractivity contribution in [3.05, 3.63) is 80.1 Å². The molecule has 40 heavy (non-hydrogen) atoms. The average Bonchev–Trinajstić information content (AvgIpc) is 3.34. The monoisotopic (exact) mass is 600 g/mol. The van der Waals surface area contributed by atoms with Crippen molar-refractivity contribution in [1.82, 2.24) is 15.2 Å². The first-order valence-electron chi connectivity index (χ1n) is 12.9. The fraction of sp³-hybridized carbons (Fsp3) is 0.310. The van der Waals surface area contributed by atoms with Crippen LogP contribution in [0.15, 0.2) is 41.3 Å². The Labute approximate surface area is 243 Å². The number of nitrogens with zero attached hydrogens (tertiary/aromatic N) is 1. The van der Waals surface area contributed by atoms with Gasteiger partial charge in [0.15, 0.2) is 9.84 Å². The summed E-state index contributed by atoms with van der Waals surface area (Å²) in [6, 6.07) is 9.60. The highest BCUT2D eigenvalue weighted by molar-refractivity contribution is 7.90. The zero-order valence-electron chi connectivity index (χ0n) is 22.6. The summed E-state index contributed by atoms with van der Waals surface area (Å²) in [5, 5.41) is 6.93. The first-order valence-corrected chi connectivity index (χ1v) is 15.3. The zero-order valence-corrected chi connectivity index (χ0v) is 24.9. The van der Waals surface area contributed by atoms with Crippen LogP contribution in [0.2, 0.25) is 10.0 Å². The van der Waals surface area contributed by atoms with E-state index in [1.807, 2.05) is 18.7 Å². The van der Waals surface area contributed by atoms with Gasteiger partial charge in [-0.1, -0.05) is 23.2 Å². The Hall–Kier alpha value is -3.11. The van der Waals surface area contributed by atoms with E-state index in [-0.39, 0.29) is 34.5 Å². The molecule has 3 heterocycles. The van der Waals surface area contributed by atoms with Gasteiger partial charge in [-0.3, -0.25) is 9.59 Å². The molecule has 210 valence electrons. The second kappa shape index (κ2) is 10.7. The van der Waals surface area contributed by atoms with Crippen LogP contribution in [0.4, 0.5) is 5.69 Å². The van der Waals surface area contributed by atoms with E-state index in [4.69, 9.17) is 23.2 Å². The minimum atomic E-state index is -3.80. The SMILES string of the molecule is Cc1[nH]c(C=C2C(=O)Nc3ccc(S(=O)(=O)Cc4cc(Cl)ccc4Cl)cc32)c(C)c1C(=O)N1C[C@@H](C)N[C@@H](C)C1. The number of aromatic nitrogens is 1. The number of anilines is 1. The second-order valence-electron chi connectivity index (χ2n) is 10.6. The molecular weight excluding hydrogens is 571 g/mol. The maximum absolute atomic E-state index is 13.5. The molecule has 2 aliphatic heterocycles. The van der Waals surface area contributed by atoms with Gasteiger partial charge < -0.3 is 20.5 Å². The summed E-state index contributed by atoms with van der Waals surface area (Å²) >= 11 is 12.3. The number of aryl methyl sites for hydroxylation is 1. The fourth-order valence-corrected chi connectivity index (χ4v) is 7.33. The van der Waals surface area contributed by atoms with Gasteiger partial charge in [-0.05, 0) is 81.3 Å². The molecular formula is C29H30Cl2N4O4S. The van der Waals surface area contributed by atoms with Crippen molar-refractivity contribution in [2.75, 3.05) is 18.4 Å². The lowest BCUT2D eigenvalue weighted by Gasteiger charge is -2.36. The van der Waals surface area contributed by atoms with E-state index in [0.717, 1.165) is 5.56 Å². The van der Waals surface area contributed by atoms with Gasteiger partial charge in [0.05, 0.1) is 21.8 Å². The van der Waals surface area contributed by atoms with E-state index in [1.54, 1.807) is 24.3 Å². The lowest BCUT2D eigenvalue weighted by atomic mass is 10.0. The molecule has 11 heteroatoms. The highest BCUT2D eigenvalue weighted by Gasteiger charge is 2.31. The van der Waals surface area contributed by atoms with Gasteiger partial charge in [-0.15, -0.1) is 0 Å². The quantitative estimate of drug-likeness (QED) is 0.347. The van der Waals surface area contributed by atoms with Crippen molar-refractivity contribution >= 4 is 62.2 Å². The summed E-state index contributed by atoms with van der Waals surface area (Å²) in [4.78, 5) is 31.6. The first-order chi connectivity index (χ1) is 18.8. The summed E-state index contributed by atoms with van der Waals surface area (Å²) in [5.74, 6) is -0.748.